The van der Waals surface area contributed by atoms with Gasteiger partial charge >= 0.3 is 0 Å². The number of nitrogens with zero attached hydrogens (tertiary/aromatic N) is 2. The maximum Gasteiger partial charge on any atom is 0.266 e. The molecule has 0 radical (unpaired) electrons. The van der Waals surface area contributed by atoms with Crippen molar-refractivity contribution in [3.63, 3.8) is 0 Å². The molecule has 0 atom stereocenters. The maximum atomic E-state index is 12.2. The fourth-order valence-corrected chi connectivity index (χ4v) is 3.59. The Morgan fingerprint density at radius 2 is 1.95 bits per heavy atom. The number of thiophene rings is 1. The first-order chi connectivity index (χ1) is 10.1. The van der Waals surface area contributed by atoms with E-state index in [0.717, 1.165) is 10.6 Å². The summed E-state index contributed by atoms with van der Waals surface area (Å²) in [7, 11) is 1.76. The zero-order valence-electron chi connectivity index (χ0n) is 11.7. The van der Waals surface area contributed by atoms with E-state index in [1.165, 1.54) is 17.3 Å². The van der Waals surface area contributed by atoms with Crippen LogP contribution in [0.2, 0.25) is 0 Å². The Labute approximate surface area is 132 Å². The molecule has 3 rings (SSSR count). The van der Waals surface area contributed by atoms with Gasteiger partial charge in [-0.3, -0.25) is 9.69 Å². The predicted molar refractivity (Wildman–Crippen MR) is 90.9 cm³/mol. The van der Waals surface area contributed by atoms with Crippen LogP contribution in [0.1, 0.15) is 10.4 Å². The van der Waals surface area contributed by atoms with Crippen molar-refractivity contribution in [2.75, 3.05) is 7.05 Å². The molecule has 0 spiro atoms. The van der Waals surface area contributed by atoms with Gasteiger partial charge in [0.2, 0.25) is 0 Å². The first-order valence-corrected chi connectivity index (χ1v) is 8.19. The topological polar surface area (TPSA) is 32.7 Å². The lowest BCUT2D eigenvalue weighted by molar-refractivity contribution is -0.121. The molecule has 1 aliphatic rings. The Bertz CT molecular complexity index is 715. The number of carbonyl (C=O) groups is 1. The highest BCUT2D eigenvalue weighted by Crippen LogP contribution is 2.33. The van der Waals surface area contributed by atoms with E-state index >= 15 is 0 Å². The van der Waals surface area contributed by atoms with E-state index in [-0.39, 0.29) is 5.91 Å². The molecule has 1 aromatic heterocycles. The summed E-state index contributed by atoms with van der Waals surface area (Å²) in [5, 5.41) is 2.72. The van der Waals surface area contributed by atoms with Crippen molar-refractivity contribution in [1.29, 1.82) is 0 Å². The number of amides is 1. The number of aliphatic imine (C=N–C) groups is 1. The molecule has 0 aliphatic carbocycles. The molecule has 21 heavy (non-hydrogen) atoms. The second-order valence-corrected chi connectivity index (χ2v) is 6.71. The molecule has 0 saturated carbocycles. The minimum atomic E-state index is -0.000684. The van der Waals surface area contributed by atoms with E-state index < -0.39 is 0 Å². The number of aryl methyl sites for hydroxylation is 1. The molecular formula is C16H14N2OS2. The first-order valence-electron chi connectivity index (χ1n) is 6.50. The number of benzene rings is 1. The van der Waals surface area contributed by atoms with Crippen LogP contribution >= 0.6 is 23.1 Å². The van der Waals surface area contributed by atoms with E-state index in [1.807, 2.05) is 54.8 Å². The Hall–Kier alpha value is -1.85. The van der Waals surface area contributed by atoms with Crippen molar-refractivity contribution in [3.8, 4) is 0 Å². The molecule has 2 aromatic rings. The normalized spacial score (nSPS) is 19.0. The fraction of sp³-hybridized carbons (Fsp3) is 0.125. The quantitative estimate of drug-likeness (QED) is 0.775. The number of rotatable bonds is 2. The van der Waals surface area contributed by atoms with E-state index in [0.29, 0.717) is 10.1 Å². The van der Waals surface area contributed by atoms with Gasteiger partial charge in [0.05, 0.1) is 10.6 Å². The van der Waals surface area contributed by atoms with Gasteiger partial charge < -0.3 is 0 Å². The van der Waals surface area contributed by atoms with Crippen LogP contribution in [-0.2, 0) is 4.79 Å². The molecule has 1 saturated heterocycles. The van der Waals surface area contributed by atoms with Gasteiger partial charge in [0.1, 0.15) is 0 Å². The zero-order valence-corrected chi connectivity index (χ0v) is 13.4. The van der Waals surface area contributed by atoms with Crippen LogP contribution in [0.5, 0.6) is 0 Å². The lowest BCUT2D eigenvalue weighted by Crippen LogP contribution is -2.23. The number of carbonyl (C=O) groups excluding carboxylic acids is 1. The summed E-state index contributed by atoms with van der Waals surface area (Å²) in [5.41, 5.74) is 2.06. The molecule has 1 amide bonds. The van der Waals surface area contributed by atoms with Crippen molar-refractivity contribution in [1.82, 2.24) is 4.90 Å². The summed E-state index contributed by atoms with van der Waals surface area (Å²) >= 11 is 3.04. The Kier molecular flexibility index (Phi) is 3.94. The second kappa shape index (κ2) is 5.87. The highest BCUT2D eigenvalue weighted by molar-refractivity contribution is 8.18. The number of hydrogen-bond acceptors (Lipinski definition) is 4. The molecule has 1 fully saturated rings. The Balaban J connectivity index is 1.88. The van der Waals surface area contributed by atoms with Crippen LogP contribution < -0.4 is 0 Å². The zero-order chi connectivity index (χ0) is 14.8. The predicted octanol–water partition coefficient (Wildman–Crippen LogP) is 4.29. The number of hydrogen-bond donors (Lipinski definition) is 0. The van der Waals surface area contributed by atoms with Crippen LogP contribution in [0, 0.1) is 6.92 Å². The smallest absolute Gasteiger partial charge is 0.266 e. The standard InChI is InChI=1S/C16H14N2OS2/c1-11-5-7-12(8-6-11)17-16-18(2)15(19)14(21-16)10-13-4-3-9-20-13/h3-10H,1-2H3/b14-10+,17-16?. The Morgan fingerprint density at radius 3 is 2.62 bits per heavy atom. The third kappa shape index (κ3) is 3.09. The third-order valence-corrected chi connectivity index (χ3v) is 4.96. The third-order valence-electron chi connectivity index (χ3n) is 3.08. The summed E-state index contributed by atoms with van der Waals surface area (Å²) in [6, 6.07) is 11.9. The van der Waals surface area contributed by atoms with Gasteiger partial charge in [-0.25, -0.2) is 4.99 Å². The SMILES string of the molecule is Cc1ccc(N=C2S/C(=C/c3cccs3)C(=O)N2C)cc1. The van der Waals surface area contributed by atoms with Gasteiger partial charge in [-0.15, -0.1) is 11.3 Å². The highest BCUT2D eigenvalue weighted by Gasteiger charge is 2.30. The van der Waals surface area contributed by atoms with Gasteiger partial charge in [-0.1, -0.05) is 23.8 Å². The molecule has 0 N–H and O–H groups in total. The maximum absolute atomic E-state index is 12.2. The molecular weight excluding hydrogens is 300 g/mol. The highest BCUT2D eigenvalue weighted by atomic mass is 32.2. The number of amidine groups is 1. The van der Waals surface area contributed by atoms with Gasteiger partial charge in [0.15, 0.2) is 5.17 Å². The largest absolute Gasteiger partial charge is 0.290 e. The van der Waals surface area contributed by atoms with Crippen molar-refractivity contribution in [2.24, 2.45) is 4.99 Å². The minimum absolute atomic E-state index is 0.000684. The van der Waals surface area contributed by atoms with Crippen molar-refractivity contribution >= 4 is 45.9 Å². The van der Waals surface area contributed by atoms with Crippen LogP contribution in [-0.4, -0.2) is 23.0 Å². The van der Waals surface area contributed by atoms with Gasteiger partial charge in [-0.2, -0.15) is 0 Å². The molecule has 0 unspecified atom stereocenters. The van der Waals surface area contributed by atoms with E-state index in [4.69, 9.17) is 0 Å². The number of thioether (sulfide) groups is 1. The minimum Gasteiger partial charge on any atom is -0.290 e. The van der Waals surface area contributed by atoms with Crippen LogP contribution in [0.15, 0.2) is 51.7 Å². The van der Waals surface area contributed by atoms with E-state index in [2.05, 4.69) is 4.99 Å². The molecule has 2 heterocycles. The summed E-state index contributed by atoms with van der Waals surface area (Å²) in [4.78, 5) is 20.2. The van der Waals surface area contributed by atoms with Gasteiger partial charge in [-0.05, 0) is 48.3 Å². The first kappa shape index (κ1) is 14.1. The van der Waals surface area contributed by atoms with Crippen LogP contribution in [0.4, 0.5) is 5.69 Å². The van der Waals surface area contributed by atoms with Crippen LogP contribution in [0.25, 0.3) is 6.08 Å². The molecule has 1 aliphatic heterocycles. The molecule has 106 valence electrons. The van der Waals surface area contributed by atoms with Crippen molar-refractivity contribution in [2.45, 2.75) is 6.92 Å². The lowest BCUT2D eigenvalue weighted by atomic mass is 10.2. The monoisotopic (exact) mass is 314 g/mol. The molecule has 5 heteroatoms. The lowest BCUT2D eigenvalue weighted by Gasteiger charge is -2.07. The van der Waals surface area contributed by atoms with Crippen molar-refractivity contribution < 1.29 is 4.79 Å². The summed E-state index contributed by atoms with van der Waals surface area (Å²) in [6.07, 6.45) is 1.92. The second-order valence-electron chi connectivity index (χ2n) is 4.72. The molecule has 1 aromatic carbocycles. The van der Waals surface area contributed by atoms with Crippen molar-refractivity contribution in [3.05, 3.63) is 57.1 Å². The van der Waals surface area contributed by atoms with Gasteiger partial charge in [0.25, 0.3) is 5.91 Å². The summed E-state index contributed by atoms with van der Waals surface area (Å²) in [5.74, 6) is -0.000684. The molecule has 0 bridgehead atoms. The average molecular weight is 314 g/mol. The van der Waals surface area contributed by atoms with E-state index in [9.17, 15) is 4.79 Å². The molecule has 3 nitrogen and oxygen atoms in total. The summed E-state index contributed by atoms with van der Waals surface area (Å²) < 4.78 is 0. The average Bonchev–Trinajstić information content (AvgIpc) is 3.07. The van der Waals surface area contributed by atoms with E-state index in [1.54, 1.807) is 23.3 Å². The van der Waals surface area contributed by atoms with Gasteiger partial charge in [0, 0.05) is 11.9 Å². The number of likely N-dealkylation sites (N-methyl/N-ethyl adjacent to an activating group) is 1. The van der Waals surface area contributed by atoms with Crippen LogP contribution in [0.3, 0.4) is 0 Å². The summed E-state index contributed by atoms with van der Waals surface area (Å²) in [6.45, 7) is 2.04. The Morgan fingerprint density at radius 1 is 1.19 bits per heavy atom. The fourth-order valence-electron chi connectivity index (χ4n) is 1.88.